The lowest BCUT2D eigenvalue weighted by Crippen LogP contribution is -2.47. The summed E-state index contributed by atoms with van der Waals surface area (Å²) >= 11 is 0. The van der Waals surface area contributed by atoms with Crippen LogP contribution in [0.5, 0.6) is 0 Å². The number of benzene rings is 2. The molecule has 3 rings (SSSR count). The van der Waals surface area contributed by atoms with Gasteiger partial charge in [0.1, 0.15) is 5.82 Å². The second-order valence-electron chi connectivity index (χ2n) is 7.33. The molecule has 0 aromatic heterocycles. The second kappa shape index (κ2) is 9.03. The van der Waals surface area contributed by atoms with E-state index in [1.165, 1.54) is 12.1 Å². The van der Waals surface area contributed by atoms with Crippen molar-refractivity contribution in [1.82, 2.24) is 9.62 Å². The number of sulfonamides is 1. The van der Waals surface area contributed by atoms with Gasteiger partial charge in [-0.05, 0) is 68.3 Å². The predicted molar refractivity (Wildman–Crippen MR) is 111 cm³/mol. The van der Waals surface area contributed by atoms with E-state index in [9.17, 15) is 12.8 Å². The molecule has 1 heterocycles. The van der Waals surface area contributed by atoms with Crippen molar-refractivity contribution in [2.24, 2.45) is 0 Å². The van der Waals surface area contributed by atoms with Gasteiger partial charge in [-0.3, -0.25) is 4.90 Å². The van der Waals surface area contributed by atoms with Crippen molar-refractivity contribution in [2.45, 2.75) is 25.2 Å². The third-order valence-electron chi connectivity index (χ3n) is 5.14. The van der Waals surface area contributed by atoms with E-state index < -0.39 is 10.0 Å². The fraction of sp³-hybridized carbons (Fsp3) is 0.429. The Morgan fingerprint density at radius 3 is 2.36 bits per heavy atom. The highest BCUT2D eigenvalue weighted by molar-refractivity contribution is 7.89. The average Bonchev–Trinajstić information content (AvgIpc) is 2.68. The zero-order valence-electron chi connectivity index (χ0n) is 16.5. The first-order valence-corrected chi connectivity index (χ1v) is 11.1. The molecule has 0 amide bonds. The molecule has 2 aromatic carbocycles. The molecule has 0 radical (unpaired) electrons. The highest BCUT2D eigenvalue weighted by Crippen LogP contribution is 2.18. The van der Waals surface area contributed by atoms with E-state index in [2.05, 4.69) is 14.5 Å². The fourth-order valence-electron chi connectivity index (χ4n) is 3.47. The first-order chi connectivity index (χ1) is 13.3. The van der Waals surface area contributed by atoms with Gasteiger partial charge in [0.25, 0.3) is 0 Å². The van der Waals surface area contributed by atoms with Crippen molar-refractivity contribution in [3.8, 4) is 0 Å². The van der Waals surface area contributed by atoms with Crippen LogP contribution >= 0.6 is 0 Å². The Morgan fingerprint density at radius 1 is 1.00 bits per heavy atom. The minimum absolute atomic E-state index is 0.217. The number of hydrogen-bond donors (Lipinski definition) is 1. The maximum Gasteiger partial charge on any atom is 0.240 e. The van der Waals surface area contributed by atoms with Crippen LogP contribution in [0.1, 0.15) is 17.5 Å². The van der Waals surface area contributed by atoms with Crippen molar-refractivity contribution < 1.29 is 12.8 Å². The van der Waals surface area contributed by atoms with Gasteiger partial charge in [-0.1, -0.05) is 12.1 Å². The van der Waals surface area contributed by atoms with E-state index >= 15 is 0 Å². The molecule has 28 heavy (non-hydrogen) atoms. The number of rotatable bonds is 7. The second-order valence-corrected chi connectivity index (χ2v) is 9.06. The number of aryl methyl sites for hydroxylation is 2. The highest BCUT2D eigenvalue weighted by Gasteiger charge is 2.19. The third-order valence-corrected chi connectivity index (χ3v) is 6.74. The zero-order valence-corrected chi connectivity index (χ0v) is 17.3. The topological polar surface area (TPSA) is 52.7 Å². The van der Waals surface area contributed by atoms with Crippen LogP contribution in [0.3, 0.4) is 0 Å². The Hall–Kier alpha value is -1.96. The summed E-state index contributed by atoms with van der Waals surface area (Å²) in [6.45, 7) is 8.60. The van der Waals surface area contributed by atoms with Gasteiger partial charge in [-0.15, -0.1) is 0 Å². The molecule has 1 fully saturated rings. The molecule has 1 aliphatic heterocycles. The van der Waals surface area contributed by atoms with Gasteiger partial charge < -0.3 is 4.90 Å². The van der Waals surface area contributed by atoms with Gasteiger partial charge in [0.15, 0.2) is 0 Å². The molecule has 0 unspecified atom stereocenters. The summed E-state index contributed by atoms with van der Waals surface area (Å²) in [5.41, 5.74) is 2.74. The van der Waals surface area contributed by atoms with E-state index in [0.29, 0.717) is 11.4 Å². The van der Waals surface area contributed by atoms with Crippen LogP contribution in [0.15, 0.2) is 47.4 Å². The molecule has 152 valence electrons. The quantitative estimate of drug-likeness (QED) is 0.720. The highest BCUT2D eigenvalue weighted by atomic mass is 32.2. The number of hydrogen-bond acceptors (Lipinski definition) is 4. The molecule has 7 heteroatoms. The smallest absolute Gasteiger partial charge is 0.240 e. The van der Waals surface area contributed by atoms with Gasteiger partial charge in [-0.2, -0.15) is 0 Å². The summed E-state index contributed by atoms with van der Waals surface area (Å²) in [6, 6.07) is 12.1. The first-order valence-electron chi connectivity index (χ1n) is 9.65. The monoisotopic (exact) mass is 405 g/mol. The summed E-state index contributed by atoms with van der Waals surface area (Å²) in [6.07, 6.45) is 0.765. The number of nitrogens with zero attached hydrogens (tertiary/aromatic N) is 2. The lowest BCUT2D eigenvalue weighted by molar-refractivity contribution is 0.255. The van der Waals surface area contributed by atoms with Crippen LogP contribution in [0.25, 0.3) is 0 Å². The van der Waals surface area contributed by atoms with E-state index in [0.717, 1.165) is 56.0 Å². The third kappa shape index (κ3) is 5.31. The Labute approximate surface area is 167 Å². The van der Waals surface area contributed by atoms with Crippen molar-refractivity contribution >= 4 is 15.7 Å². The van der Waals surface area contributed by atoms with Crippen LogP contribution in [-0.4, -0.2) is 52.6 Å². The predicted octanol–water partition coefficient (Wildman–Crippen LogP) is 2.93. The number of nitrogens with one attached hydrogen (secondary N) is 1. The maximum atomic E-state index is 13.0. The molecule has 0 spiro atoms. The van der Waals surface area contributed by atoms with Gasteiger partial charge >= 0.3 is 0 Å². The minimum atomic E-state index is -3.47. The van der Waals surface area contributed by atoms with Crippen LogP contribution in [0.2, 0.25) is 0 Å². The molecule has 2 aromatic rings. The Morgan fingerprint density at radius 2 is 1.68 bits per heavy atom. The molecule has 5 nitrogen and oxygen atoms in total. The lowest BCUT2D eigenvalue weighted by atomic mass is 10.2. The van der Waals surface area contributed by atoms with Gasteiger partial charge in [0.2, 0.25) is 10.0 Å². The number of anilines is 1. The summed E-state index contributed by atoms with van der Waals surface area (Å²) in [5, 5.41) is 0. The van der Waals surface area contributed by atoms with Crippen LogP contribution in [0, 0.1) is 19.7 Å². The number of piperazine rings is 1. The van der Waals surface area contributed by atoms with E-state index in [1.54, 1.807) is 6.07 Å². The van der Waals surface area contributed by atoms with Crippen molar-refractivity contribution in [1.29, 1.82) is 0 Å². The lowest BCUT2D eigenvalue weighted by Gasteiger charge is -2.36. The molecular weight excluding hydrogens is 377 g/mol. The van der Waals surface area contributed by atoms with Crippen molar-refractivity contribution in [2.75, 3.05) is 44.2 Å². The molecule has 0 saturated carbocycles. The minimum Gasteiger partial charge on any atom is -0.369 e. The summed E-state index contributed by atoms with van der Waals surface area (Å²) < 4.78 is 40.8. The van der Waals surface area contributed by atoms with Gasteiger partial charge in [0, 0.05) is 38.4 Å². The fourth-order valence-corrected chi connectivity index (χ4v) is 4.87. The summed E-state index contributed by atoms with van der Waals surface area (Å²) in [4.78, 5) is 4.95. The van der Waals surface area contributed by atoms with E-state index in [4.69, 9.17) is 0 Å². The van der Waals surface area contributed by atoms with E-state index in [1.807, 2.05) is 38.1 Å². The van der Waals surface area contributed by atoms with Crippen LogP contribution in [0.4, 0.5) is 10.1 Å². The van der Waals surface area contributed by atoms with Gasteiger partial charge in [-0.25, -0.2) is 17.5 Å². The van der Waals surface area contributed by atoms with Crippen molar-refractivity contribution in [3.05, 3.63) is 59.4 Å². The van der Waals surface area contributed by atoms with E-state index in [-0.39, 0.29) is 5.82 Å². The van der Waals surface area contributed by atoms with Gasteiger partial charge in [0.05, 0.1) is 4.90 Å². The zero-order chi connectivity index (χ0) is 20.1. The molecule has 0 bridgehead atoms. The molecule has 1 saturated heterocycles. The summed E-state index contributed by atoms with van der Waals surface area (Å²) in [7, 11) is -3.47. The maximum absolute atomic E-state index is 13.0. The normalized spacial score (nSPS) is 15.8. The Kier molecular flexibility index (Phi) is 6.69. The molecule has 0 aliphatic carbocycles. The molecule has 0 atom stereocenters. The molecule has 1 aliphatic rings. The molecule has 1 N–H and O–H groups in total. The molecular formula is C21H28FN3O2S. The van der Waals surface area contributed by atoms with Crippen LogP contribution < -0.4 is 9.62 Å². The Bertz CT molecular complexity index is 892. The average molecular weight is 406 g/mol. The van der Waals surface area contributed by atoms with Crippen LogP contribution in [-0.2, 0) is 10.0 Å². The standard InChI is InChI=1S/C21H28FN3O2S/c1-17-4-5-18(2)21(16-17)28(26,27)23-10-3-11-24-12-14-25(15-13-24)20-8-6-19(22)7-9-20/h4-9,16,23H,3,10-15H2,1-2H3. The summed E-state index contributed by atoms with van der Waals surface area (Å²) in [5.74, 6) is -0.217. The largest absolute Gasteiger partial charge is 0.369 e. The van der Waals surface area contributed by atoms with Crippen molar-refractivity contribution in [3.63, 3.8) is 0 Å². The number of halogens is 1. The first kappa shape index (κ1) is 20.8. The Balaban J connectivity index is 1.42. The SMILES string of the molecule is Cc1ccc(C)c(S(=O)(=O)NCCCN2CCN(c3ccc(F)cc3)CC2)c1.